The number of pyridine rings is 2. The van der Waals surface area contributed by atoms with E-state index in [0.717, 1.165) is 84.0 Å². The Morgan fingerprint density at radius 1 is 0.518 bits per heavy atom. The summed E-state index contributed by atoms with van der Waals surface area (Å²) in [5.74, 6) is -0.585. The Bertz CT molecular complexity index is 2020. The number of esters is 2. The van der Waals surface area contributed by atoms with Crippen LogP contribution in [0.1, 0.15) is 50.9 Å². The van der Waals surface area contributed by atoms with Gasteiger partial charge in [-0.1, -0.05) is 72.8 Å². The second kappa shape index (κ2) is 20.3. The minimum absolute atomic E-state index is 0.212. The molecule has 0 N–H and O–H groups in total. The summed E-state index contributed by atoms with van der Waals surface area (Å²) in [6, 6.07) is 33.0. The molecule has 4 heterocycles. The summed E-state index contributed by atoms with van der Waals surface area (Å²) >= 11 is 0. The fourth-order valence-corrected chi connectivity index (χ4v) is 6.33. The van der Waals surface area contributed by atoms with Crippen molar-refractivity contribution in [3.63, 3.8) is 0 Å². The van der Waals surface area contributed by atoms with Gasteiger partial charge in [0, 0.05) is 37.1 Å². The average Bonchev–Trinajstić information content (AvgIpc) is 3.62. The third kappa shape index (κ3) is 13.3. The number of hydrogen-bond acceptors (Lipinski definition) is 12. The quantitative estimate of drug-likeness (QED) is 0.0642. The fourth-order valence-electron chi connectivity index (χ4n) is 6.33. The van der Waals surface area contributed by atoms with Crippen molar-refractivity contribution in [2.75, 3.05) is 0 Å². The summed E-state index contributed by atoms with van der Waals surface area (Å²) in [7, 11) is -9.89. The Balaban J connectivity index is 0.000000620. The Labute approximate surface area is 326 Å². The minimum Gasteiger partial charge on any atom is -0.457 e. The van der Waals surface area contributed by atoms with Gasteiger partial charge in [0.15, 0.2) is 36.0 Å². The highest BCUT2D eigenvalue weighted by Gasteiger charge is 2.28. The molecular formula is C38H40Cl2N4O12. The van der Waals surface area contributed by atoms with Crippen LogP contribution in [0.15, 0.2) is 109 Å². The van der Waals surface area contributed by atoms with Gasteiger partial charge in [0.05, 0.1) is 25.5 Å². The van der Waals surface area contributed by atoms with Crippen LogP contribution < -0.4 is 46.4 Å². The normalized spacial score (nSPS) is 11.4. The molecule has 0 aliphatic heterocycles. The molecule has 0 spiro atoms. The zero-order valence-electron chi connectivity index (χ0n) is 30.5. The van der Waals surface area contributed by atoms with Gasteiger partial charge in [0.1, 0.15) is 0 Å². The van der Waals surface area contributed by atoms with E-state index in [1.165, 1.54) is 13.8 Å². The number of aryl methyl sites for hydroxylation is 2. The van der Waals surface area contributed by atoms with Crippen LogP contribution in [0, 0.1) is 20.5 Å². The highest BCUT2D eigenvalue weighted by Crippen LogP contribution is 2.26. The highest BCUT2D eigenvalue weighted by molar-refractivity contribution is 5.67. The average molecular weight is 816 g/mol. The Hall–Kier alpha value is -4.98. The van der Waals surface area contributed by atoms with Gasteiger partial charge in [-0.25, -0.2) is 46.4 Å². The lowest BCUT2D eigenvalue weighted by Crippen LogP contribution is -2.68. The summed E-state index contributed by atoms with van der Waals surface area (Å²) < 4.78 is 88.0. The summed E-state index contributed by atoms with van der Waals surface area (Å²) in [4.78, 5) is 23.5. The summed E-state index contributed by atoms with van der Waals surface area (Å²) in [5, 5.41) is 0. The van der Waals surface area contributed by atoms with Crippen molar-refractivity contribution in [3.05, 3.63) is 121 Å². The number of ether oxygens (including phenoxy) is 2. The molecule has 0 radical (unpaired) electrons. The molecule has 0 atom stereocenters. The third-order valence-corrected chi connectivity index (χ3v) is 8.33. The molecule has 16 nitrogen and oxygen atoms in total. The molecule has 0 unspecified atom stereocenters. The van der Waals surface area contributed by atoms with Gasteiger partial charge in [0.25, 0.3) is 11.3 Å². The highest BCUT2D eigenvalue weighted by atomic mass is 35.7. The van der Waals surface area contributed by atoms with Crippen molar-refractivity contribution in [2.45, 2.75) is 65.8 Å². The van der Waals surface area contributed by atoms with E-state index in [1.54, 1.807) is 0 Å². The molecule has 0 saturated carbocycles. The van der Waals surface area contributed by atoms with E-state index in [1.807, 2.05) is 60.9 Å². The maximum Gasteiger partial charge on any atom is 0.303 e. The summed E-state index contributed by atoms with van der Waals surface area (Å²) in [5.41, 5.74) is 8.44. The Morgan fingerprint density at radius 2 is 0.839 bits per heavy atom. The maximum atomic E-state index is 11.8. The second-order valence-corrected chi connectivity index (χ2v) is 13.7. The van der Waals surface area contributed by atoms with E-state index in [-0.39, 0.29) is 25.2 Å². The smallest absolute Gasteiger partial charge is 0.303 e. The lowest BCUT2D eigenvalue weighted by molar-refractivity contribution is -2.00. The van der Waals surface area contributed by atoms with E-state index in [0.29, 0.717) is 0 Å². The fraction of sp³-hybridized carbons (Fsp3) is 0.263. The van der Waals surface area contributed by atoms with Crippen LogP contribution in [0.3, 0.4) is 0 Å². The lowest BCUT2D eigenvalue weighted by atomic mass is 10.1. The molecule has 56 heavy (non-hydrogen) atoms. The molecule has 4 aromatic heterocycles. The van der Waals surface area contributed by atoms with Crippen molar-refractivity contribution in [1.29, 1.82) is 0 Å². The number of rotatable bonds is 13. The number of carbonyl (C=O) groups excluding carboxylic acids is 2. The monoisotopic (exact) mass is 814 g/mol. The lowest BCUT2D eigenvalue weighted by Gasteiger charge is -2.17. The molecule has 0 aliphatic carbocycles. The van der Waals surface area contributed by atoms with Crippen LogP contribution in [0.2, 0.25) is 0 Å². The van der Waals surface area contributed by atoms with E-state index in [2.05, 4.69) is 66.5 Å². The predicted molar refractivity (Wildman–Crippen MR) is 175 cm³/mol. The number of fused-ring (bicyclic) bond motifs is 2. The first-order valence-corrected chi connectivity index (χ1v) is 19.6. The standard InChI is InChI=1S/C38H40N4O4.2ClHO4/c1-29(43)45-27-33-37(31-17-7-5-8-18-31)41(35-21-11-15-23-39(33)35)25-13-3-4-14-26-42-36-22-12-16-24-40(36)34(28-46-30(2)44)38(42)32-19-9-6-10-20-32;2*2-1(3,4)5/h5-12,15-24H,3-4,13-14,25-28H2,1-2H3;2*(H,2,3,4,5)/q+2;;/p-2. The van der Waals surface area contributed by atoms with Crippen LogP contribution >= 0.6 is 0 Å². The molecule has 2 aromatic carbocycles. The van der Waals surface area contributed by atoms with Crippen molar-refractivity contribution in [3.8, 4) is 22.5 Å². The number of benzene rings is 2. The third-order valence-electron chi connectivity index (χ3n) is 8.33. The number of aromatic nitrogens is 4. The van der Waals surface area contributed by atoms with Gasteiger partial charge in [0.2, 0.25) is 0 Å². The van der Waals surface area contributed by atoms with E-state index >= 15 is 0 Å². The Morgan fingerprint density at radius 3 is 1.16 bits per heavy atom. The van der Waals surface area contributed by atoms with E-state index in [9.17, 15) is 9.59 Å². The number of unbranched alkanes of at least 4 members (excludes halogenated alkanes) is 3. The van der Waals surface area contributed by atoms with Gasteiger partial charge in [-0.15, -0.1) is 20.5 Å². The minimum atomic E-state index is -4.94. The first kappa shape index (κ1) is 43.7. The molecule has 0 amide bonds. The first-order chi connectivity index (χ1) is 26.5. The molecule has 0 bridgehead atoms. The van der Waals surface area contributed by atoms with E-state index < -0.39 is 20.5 Å². The topological polar surface area (TPSA) is 254 Å². The number of carbonyl (C=O) groups is 2. The van der Waals surface area contributed by atoms with Crippen LogP contribution in [-0.4, -0.2) is 20.7 Å². The molecule has 0 aliphatic rings. The van der Waals surface area contributed by atoms with Gasteiger partial charge >= 0.3 is 11.9 Å². The van der Waals surface area contributed by atoms with E-state index in [4.69, 9.17) is 46.7 Å². The van der Waals surface area contributed by atoms with Crippen LogP contribution in [0.5, 0.6) is 0 Å². The molecule has 0 fully saturated rings. The molecule has 0 saturated heterocycles. The van der Waals surface area contributed by atoms with Gasteiger partial charge < -0.3 is 9.47 Å². The van der Waals surface area contributed by atoms with Crippen molar-refractivity contribution < 1.29 is 86.0 Å². The molecule has 18 heteroatoms. The zero-order chi connectivity index (χ0) is 40.9. The van der Waals surface area contributed by atoms with Gasteiger partial charge in [-0.2, -0.15) is 8.80 Å². The SMILES string of the molecule is CC(=O)OCc1c(-c2ccccc2)[n+](CCCCCC[n+]2c(-c3ccccc3)c(COC(C)=O)n3ccccc32)c2ccccn12.[O-][Cl+3]([O-])([O-])[O-].[O-][Cl+3]([O-])([O-])[O-]. The van der Waals surface area contributed by atoms with Gasteiger partial charge in [-0.05, 0) is 37.8 Å². The number of halogens is 2. The number of hydrogen-bond donors (Lipinski definition) is 0. The Kier molecular flexibility index (Phi) is 15.8. The molecule has 298 valence electrons. The van der Waals surface area contributed by atoms with Crippen LogP contribution in [0.25, 0.3) is 33.8 Å². The summed E-state index contributed by atoms with van der Waals surface area (Å²) in [6.07, 6.45) is 8.23. The molecular weight excluding hydrogens is 775 g/mol. The first-order valence-electron chi connectivity index (χ1n) is 17.2. The largest absolute Gasteiger partial charge is 0.457 e. The molecule has 6 aromatic rings. The van der Waals surface area contributed by atoms with Crippen molar-refractivity contribution in [1.82, 2.24) is 8.80 Å². The van der Waals surface area contributed by atoms with Crippen LogP contribution in [0.4, 0.5) is 0 Å². The van der Waals surface area contributed by atoms with Crippen molar-refractivity contribution in [2.24, 2.45) is 0 Å². The van der Waals surface area contributed by atoms with Crippen LogP contribution in [-0.2, 0) is 45.4 Å². The summed E-state index contributed by atoms with van der Waals surface area (Å²) in [6.45, 7) is 5.02. The zero-order valence-corrected chi connectivity index (χ0v) is 32.0. The molecule has 6 rings (SSSR count). The second-order valence-electron chi connectivity index (χ2n) is 12.2. The maximum absolute atomic E-state index is 11.8. The van der Waals surface area contributed by atoms with Crippen molar-refractivity contribution >= 4 is 23.2 Å². The predicted octanol–water partition coefficient (Wildman–Crippen LogP) is -3.02. The number of imidazole rings is 2. The van der Waals surface area contributed by atoms with Gasteiger partial charge in [-0.3, -0.25) is 9.59 Å². The number of nitrogens with zero attached hydrogens (tertiary/aromatic N) is 4.